The van der Waals surface area contributed by atoms with E-state index < -0.39 is 0 Å². The summed E-state index contributed by atoms with van der Waals surface area (Å²) in [6.45, 7) is 6.36. The van der Waals surface area contributed by atoms with E-state index in [2.05, 4.69) is 10.6 Å². The fourth-order valence-corrected chi connectivity index (χ4v) is 1.94. The molecule has 5 nitrogen and oxygen atoms in total. The highest BCUT2D eigenvalue weighted by atomic mass is 35.5. The third-order valence-electron chi connectivity index (χ3n) is 2.80. The van der Waals surface area contributed by atoms with Gasteiger partial charge in [-0.1, -0.05) is 24.6 Å². The van der Waals surface area contributed by atoms with Gasteiger partial charge in [0, 0.05) is 13.2 Å². The van der Waals surface area contributed by atoms with Gasteiger partial charge in [0.1, 0.15) is 0 Å². The van der Waals surface area contributed by atoms with Gasteiger partial charge < -0.3 is 20.5 Å². The number of urea groups is 1. The first-order valence-electron chi connectivity index (χ1n) is 7.05. The lowest BCUT2D eigenvalue weighted by molar-refractivity contribution is 0.239. The number of anilines is 1. The van der Waals surface area contributed by atoms with Crippen LogP contribution < -0.4 is 15.4 Å². The molecule has 0 aliphatic heterocycles. The molecule has 0 spiro atoms. The van der Waals surface area contributed by atoms with Gasteiger partial charge in [-0.05, 0) is 38.3 Å². The molecule has 118 valence electrons. The van der Waals surface area contributed by atoms with Crippen LogP contribution in [0.5, 0.6) is 5.75 Å². The Morgan fingerprint density at radius 3 is 2.71 bits per heavy atom. The quantitative estimate of drug-likeness (QED) is 0.723. The molecule has 0 aliphatic carbocycles. The van der Waals surface area contributed by atoms with Crippen molar-refractivity contribution in [2.75, 3.05) is 18.5 Å². The van der Waals surface area contributed by atoms with E-state index >= 15 is 0 Å². The van der Waals surface area contributed by atoms with E-state index in [0.29, 0.717) is 29.4 Å². The fraction of sp³-hybridized carbons (Fsp3) is 0.533. The Labute approximate surface area is 130 Å². The first kappa shape index (κ1) is 17.6. The average Bonchev–Trinajstić information content (AvgIpc) is 2.40. The number of hydrogen-bond acceptors (Lipinski definition) is 3. The van der Waals surface area contributed by atoms with Gasteiger partial charge in [-0.15, -0.1) is 0 Å². The molecule has 1 aromatic rings. The van der Waals surface area contributed by atoms with E-state index in [9.17, 15) is 4.79 Å². The summed E-state index contributed by atoms with van der Waals surface area (Å²) in [6.07, 6.45) is 0.609. The topological polar surface area (TPSA) is 70.6 Å². The molecule has 0 bridgehead atoms. The fourth-order valence-electron chi connectivity index (χ4n) is 1.72. The molecule has 0 radical (unpaired) electrons. The van der Waals surface area contributed by atoms with Crippen LogP contribution in [0, 0.1) is 5.92 Å². The van der Waals surface area contributed by atoms with Crippen molar-refractivity contribution in [2.45, 2.75) is 33.3 Å². The van der Waals surface area contributed by atoms with Crippen LogP contribution in [0.25, 0.3) is 0 Å². The monoisotopic (exact) mass is 314 g/mol. The van der Waals surface area contributed by atoms with E-state index in [1.54, 1.807) is 18.2 Å². The second kappa shape index (κ2) is 8.74. The smallest absolute Gasteiger partial charge is 0.319 e. The lowest BCUT2D eigenvalue weighted by atomic mass is 10.1. The van der Waals surface area contributed by atoms with Crippen LogP contribution in [-0.4, -0.2) is 30.4 Å². The third-order valence-corrected chi connectivity index (χ3v) is 3.10. The Morgan fingerprint density at radius 1 is 1.38 bits per heavy atom. The Kier molecular flexibility index (Phi) is 7.32. The standard InChI is InChI=1S/C15H23ClN2O3/c1-10(2)21-14-12(16)5-4-6-13(14)18-15(20)17-9-11(3)7-8-19/h4-6,10-11,19H,7-9H2,1-3H3,(H2,17,18,20). The van der Waals surface area contributed by atoms with Gasteiger partial charge in [0.15, 0.2) is 5.75 Å². The van der Waals surface area contributed by atoms with Gasteiger partial charge in [-0.25, -0.2) is 4.79 Å². The molecule has 0 saturated heterocycles. The minimum Gasteiger partial charge on any atom is -0.487 e. The van der Waals surface area contributed by atoms with Gasteiger partial charge in [-0.2, -0.15) is 0 Å². The van der Waals surface area contributed by atoms with Crippen molar-refractivity contribution in [3.05, 3.63) is 23.2 Å². The first-order chi connectivity index (χ1) is 9.93. The van der Waals surface area contributed by atoms with Gasteiger partial charge in [0.25, 0.3) is 0 Å². The second-order valence-corrected chi connectivity index (χ2v) is 5.64. The lowest BCUT2D eigenvalue weighted by Crippen LogP contribution is -2.32. The van der Waals surface area contributed by atoms with E-state index in [4.69, 9.17) is 21.4 Å². The molecular formula is C15H23ClN2O3. The number of aliphatic hydroxyl groups excluding tert-OH is 1. The number of carbonyl (C=O) groups excluding carboxylic acids is 1. The number of benzene rings is 1. The van der Waals surface area contributed by atoms with Crippen molar-refractivity contribution in [1.29, 1.82) is 0 Å². The number of carbonyl (C=O) groups is 1. The minimum absolute atomic E-state index is 0.0434. The van der Waals surface area contributed by atoms with E-state index in [-0.39, 0.29) is 24.7 Å². The molecular weight excluding hydrogens is 292 g/mol. The largest absolute Gasteiger partial charge is 0.487 e. The summed E-state index contributed by atoms with van der Waals surface area (Å²) in [4.78, 5) is 11.9. The summed E-state index contributed by atoms with van der Waals surface area (Å²) in [6, 6.07) is 4.88. The number of aliphatic hydroxyl groups is 1. The molecule has 1 rings (SSSR count). The first-order valence-corrected chi connectivity index (χ1v) is 7.42. The number of para-hydroxylation sites is 1. The summed E-state index contributed by atoms with van der Waals surface area (Å²) < 4.78 is 5.63. The van der Waals surface area contributed by atoms with Crippen molar-refractivity contribution in [3.63, 3.8) is 0 Å². The van der Waals surface area contributed by atoms with E-state index in [1.807, 2.05) is 20.8 Å². The lowest BCUT2D eigenvalue weighted by Gasteiger charge is -2.17. The number of halogens is 1. The SMILES string of the molecule is CC(CCO)CNC(=O)Nc1cccc(Cl)c1OC(C)C. The molecule has 2 amide bonds. The van der Waals surface area contributed by atoms with Crippen molar-refractivity contribution in [2.24, 2.45) is 5.92 Å². The highest BCUT2D eigenvalue weighted by molar-refractivity contribution is 6.32. The maximum Gasteiger partial charge on any atom is 0.319 e. The van der Waals surface area contributed by atoms with Gasteiger partial charge in [0.2, 0.25) is 0 Å². The van der Waals surface area contributed by atoms with Crippen LogP contribution in [0.15, 0.2) is 18.2 Å². The predicted molar refractivity (Wildman–Crippen MR) is 85.1 cm³/mol. The van der Waals surface area contributed by atoms with E-state index in [1.165, 1.54) is 0 Å². The zero-order valence-corrected chi connectivity index (χ0v) is 13.4. The molecule has 21 heavy (non-hydrogen) atoms. The molecule has 6 heteroatoms. The average molecular weight is 315 g/mol. The van der Waals surface area contributed by atoms with Crippen molar-refractivity contribution >= 4 is 23.3 Å². The number of rotatable bonds is 7. The Hall–Kier alpha value is -1.46. The molecule has 1 atom stereocenters. The molecule has 0 aliphatic rings. The zero-order valence-electron chi connectivity index (χ0n) is 12.6. The highest BCUT2D eigenvalue weighted by Gasteiger charge is 2.13. The molecule has 0 fully saturated rings. The Morgan fingerprint density at radius 2 is 2.10 bits per heavy atom. The second-order valence-electron chi connectivity index (χ2n) is 5.24. The van der Waals surface area contributed by atoms with Crippen LogP contribution in [0.4, 0.5) is 10.5 Å². The number of nitrogens with one attached hydrogen (secondary N) is 2. The third kappa shape index (κ3) is 6.23. The van der Waals surface area contributed by atoms with Crippen LogP contribution in [0.1, 0.15) is 27.2 Å². The van der Waals surface area contributed by atoms with Crippen LogP contribution in [0.2, 0.25) is 5.02 Å². The van der Waals surface area contributed by atoms with E-state index in [0.717, 1.165) is 0 Å². The molecule has 1 aromatic carbocycles. The van der Waals surface area contributed by atoms with Gasteiger partial charge in [-0.3, -0.25) is 0 Å². The maximum atomic E-state index is 11.9. The van der Waals surface area contributed by atoms with Crippen molar-refractivity contribution < 1.29 is 14.6 Å². The highest BCUT2D eigenvalue weighted by Crippen LogP contribution is 2.33. The van der Waals surface area contributed by atoms with Crippen LogP contribution in [0.3, 0.4) is 0 Å². The Bertz CT molecular complexity index is 466. The van der Waals surface area contributed by atoms with Crippen LogP contribution in [-0.2, 0) is 0 Å². The predicted octanol–water partition coefficient (Wildman–Crippen LogP) is 3.27. The number of ether oxygens (including phenoxy) is 1. The molecule has 0 saturated carbocycles. The molecule has 0 heterocycles. The van der Waals surface area contributed by atoms with Crippen molar-refractivity contribution in [1.82, 2.24) is 5.32 Å². The van der Waals surface area contributed by atoms with Gasteiger partial charge >= 0.3 is 6.03 Å². The van der Waals surface area contributed by atoms with Crippen molar-refractivity contribution in [3.8, 4) is 5.75 Å². The zero-order chi connectivity index (χ0) is 15.8. The molecule has 0 aromatic heterocycles. The maximum absolute atomic E-state index is 11.9. The summed E-state index contributed by atoms with van der Waals surface area (Å²) in [5.41, 5.74) is 0.531. The summed E-state index contributed by atoms with van der Waals surface area (Å²) in [7, 11) is 0. The Balaban J connectivity index is 2.65. The van der Waals surface area contributed by atoms with Crippen LogP contribution >= 0.6 is 11.6 Å². The number of amides is 2. The summed E-state index contributed by atoms with van der Waals surface area (Å²) in [5, 5.41) is 14.8. The summed E-state index contributed by atoms with van der Waals surface area (Å²) >= 11 is 6.10. The van der Waals surface area contributed by atoms with Gasteiger partial charge in [0.05, 0.1) is 16.8 Å². The molecule has 1 unspecified atom stereocenters. The minimum atomic E-state index is -0.323. The number of hydrogen-bond donors (Lipinski definition) is 3. The summed E-state index contributed by atoms with van der Waals surface area (Å²) in [5.74, 6) is 0.680. The normalized spacial score (nSPS) is 12.1. The molecule has 3 N–H and O–H groups in total.